The zero-order valence-electron chi connectivity index (χ0n) is 21.4. The number of hydrogen-bond donors (Lipinski definition) is 1. The summed E-state index contributed by atoms with van der Waals surface area (Å²) >= 11 is 0. The number of aromatic nitrogens is 3. The van der Waals surface area contributed by atoms with Crippen LogP contribution in [-0.4, -0.2) is 69.6 Å². The monoisotopic (exact) mass is 549 g/mol. The maximum Gasteiger partial charge on any atom is 0.266 e. The van der Waals surface area contributed by atoms with Gasteiger partial charge in [0.05, 0.1) is 21.9 Å². The number of sulfone groups is 1. The van der Waals surface area contributed by atoms with Crippen molar-refractivity contribution in [1.82, 2.24) is 25.0 Å². The van der Waals surface area contributed by atoms with Crippen molar-refractivity contribution in [2.75, 3.05) is 6.54 Å². The fourth-order valence-electron chi connectivity index (χ4n) is 4.77. The number of carbonyl (C=O) groups is 3. The molecule has 1 unspecified atom stereocenters. The van der Waals surface area contributed by atoms with Crippen LogP contribution in [0.5, 0.6) is 0 Å². The number of ketones is 1. The average Bonchev–Trinajstić information content (AvgIpc) is 3.71. The SMILES string of the molecule is CCC(NC(=O)[C@@H]1C[C@@H](S(=O)(=O)c2ccc(-n3cccn3)cc2)CN1C(C)=O)C(=O)c1nc2ccccc2o1. The van der Waals surface area contributed by atoms with Gasteiger partial charge in [-0.15, -0.1) is 0 Å². The maximum absolute atomic E-state index is 13.5. The van der Waals surface area contributed by atoms with Gasteiger partial charge in [0.25, 0.3) is 5.89 Å². The number of amides is 2. The molecule has 1 saturated heterocycles. The van der Waals surface area contributed by atoms with Crippen molar-refractivity contribution < 1.29 is 27.2 Å². The van der Waals surface area contributed by atoms with Gasteiger partial charge in [-0.05, 0) is 55.3 Å². The Hall–Kier alpha value is -4.32. The second-order valence-corrected chi connectivity index (χ2v) is 11.6. The molecule has 0 radical (unpaired) electrons. The predicted molar refractivity (Wildman–Crippen MR) is 141 cm³/mol. The number of fused-ring (bicyclic) bond motifs is 1. The van der Waals surface area contributed by atoms with Crippen molar-refractivity contribution in [1.29, 1.82) is 0 Å². The molecule has 0 aliphatic carbocycles. The van der Waals surface area contributed by atoms with Gasteiger partial charge < -0.3 is 14.6 Å². The lowest BCUT2D eigenvalue weighted by Crippen LogP contribution is -2.50. The molecule has 39 heavy (non-hydrogen) atoms. The van der Waals surface area contributed by atoms with E-state index in [1.165, 1.54) is 24.0 Å². The Labute approximate surface area is 224 Å². The minimum absolute atomic E-state index is 0.0885. The van der Waals surface area contributed by atoms with Crippen molar-refractivity contribution >= 4 is 38.5 Å². The van der Waals surface area contributed by atoms with Gasteiger partial charge >= 0.3 is 0 Å². The van der Waals surface area contributed by atoms with Crippen LogP contribution in [0.2, 0.25) is 0 Å². The Bertz CT molecular complexity index is 1600. The zero-order chi connectivity index (χ0) is 27.7. The van der Waals surface area contributed by atoms with E-state index in [4.69, 9.17) is 4.42 Å². The van der Waals surface area contributed by atoms with Crippen LogP contribution in [0.25, 0.3) is 16.8 Å². The minimum Gasteiger partial charge on any atom is -0.434 e. The highest BCUT2D eigenvalue weighted by atomic mass is 32.2. The number of para-hydroxylation sites is 2. The number of hydrogen-bond acceptors (Lipinski definition) is 8. The first-order chi connectivity index (χ1) is 18.7. The average molecular weight is 550 g/mol. The molecule has 1 fully saturated rings. The first-order valence-electron chi connectivity index (χ1n) is 12.5. The van der Waals surface area contributed by atoms with Gasteiger partial charge in [0.2, 0.25) is 17.6 Å². The molecule has 1 N–H and O–H groups in total. The number of likely N-dealkylation sites (tertiary alicyclic amines) is 1. The van der Waals surface area contributed by atoms with Gasteiger partial charge in [-0.1, -0.05) is 19.1 Å². The lowest BCUT2D eigenvalue weighted by Gasteiger charge is -2.24. The summed E-state index contributed by atoms with van der Waals surface area (Å²) in [6.07, 6.45) is 3.52. The van der Waals surface area contributed by atoms with Gasteiger partial charge in [-0.25, -0.2) is 18.1 Å². The molecule has 202 valence electrons. The van der Waals surface area contributed by atoms with Crippen LogP contribution in [0.15, 0.2) is 76.3 Å². The highest BCUT2D eigenvalue weighted by Crippen LogP contribution is 2.29. The summed E-state index contributed by atoms with van der Waals surface area (Å²) in [5, 5.41) is 5.83. The van der Waals surface area contributed by atoms with E-state index in [2.05, 4.69) is 15.4 Å². The third-order valence-electron chi connectivity index (χ3n) is 6.89. The van der Waals surface area contributed by atoms with E-state index in [1.807, 2.05) is 0 Å². The molecule has 3 atom stereocenters. The molecule has 12 heteroatoms. The molecule has 0 bridgehead atoms. The zero-order valence-corrected chi connectivity index (χ0v) is 22.2. The first kappa shape index (κ1) is 26.3. The summed E-state index contributed by atoms with van der Waals surface area (Å²) in [6.45, 7) is 2.88. The third-order valence-corrected chi connectivity index (χ3v) is 9.04. The van der Waals surface area contributed by atoms with E-state index in [9.17, 15) is 22.8 Å². The second-order valence-electron chi connectivity index (χ2n) is 9.35. The topological polar surface area (TPSA) is 144 Å². The Balaban J connectivity index is 1.32. The highest BCUT2D eigenvalue weighted by Gasteiger charge is 2.45. The molecule has 0 spiro atoms. The lowest BCUT2D eigenvalue weighted by molar-refractivity contribution is -0.137. The number of oxazole rings is 1. The van der Waals surface area contributed by atoms with Gasteiger partial charge in [0.1, 0.15) is 11.6 Å². The molecule has 0 saturated carbocycles. The summed E-state index contributed by atoms with van der Waals surface area (Å²) in [7, 11) is -3.86. The van der Waals surface area contributed by atoms with Gasteiger partial charge in [-0.2, -0.15) is 5.10 Å². The number of rotatable bonds is 8. The van der Waals surface area contributed by atoms with Gasteiger partial charge in [0.15, 0.2) is 15.4 Å². The predicted octanol–water partition coefficient (Wildman–Crippen LogP) is 2.55. The number of nitrogens with one attached hydrogen (secondary N) is 1. The van der Waals surface area contributed by atoms with Crippen LogP contribution in [0, 0.1) is 0 Å². The molecule has 2 amide bonds. The Morgan fingerprint density at radius 3 is 2.49 bits per heavy atom. The van der Waals surface area contributed by atoms with Crippen molar-refractivity contribution in [3.8, 4) is 5.69 Å². The normalized spacial score (nSPS) is 18.3. The van der Waals surface area contributed by atoms with Crippen molar-refractivity contribution in [2.24, 2.45) is 0 Å². The number of nitrogens with zero attached hydrogens (tertiary/aromatic N) is 4. The molecule has 1 aliphatic heterocycles. The molecule has 11 nitrogen and oxygen atoms in total. The first-order valence-corrected chi connectivity index (χ1v) is 14.0. The third kappa shape index (κ3) is 5.07. The largest absolute Gasteiger partial charge is 0.434 e. The van der Waals surface area contributed by atoms with Crippen LogP contribution < -0.4 is 5.32 Å². The fraction of sp³-hybridized carbons (Fsp3) is 0.296. The van der Waals surface area contributed by atoms with E-state index in [0.717, 1.165) is 0 Å². The van der Waals surface area contributed by atoms with Crippen molar-refractivity contribution in [3.63, 3.8) is 0 Å². The van der Waals surface area contributed by atoms with E-state index < -0.39 is 44.8 Å². The van der Waals surface area contributed by atoms with Crippen LogP contribution in [0.1, 0.15) is 37.4 Å². The van der Waals surface area contributed by atoms with Crippen LogP contribution in [-0.2, 0) is 19.4 Å². The van der Waals surface area contributed by atoms with Gasteiger partial charge in [-0.3, -0.25) is 14.4 Å². The lowest BCUT2D eigenvalue weighted by atomic mass is 10.1. The Morgan fingerprint density at radius 2 is 1.85 bits per heavy atom. The van der Waals surface area contributed by atoms with Crippen LogP contribution in [0.3, 0.4) is 0 Å². The molecule has 5 rings (SSSR count). The minimum atomic E-state index is -3.86. The summed E-state index contributed by atoms with van der Waals surface area (Å²) in [4.78, 5) is 44.3. The van der Waals surface area contributed by atoms with E-state index >= 15 is 0 Å². The smallest absolute Gasteiger partial charge is 0.266 e. The standard InChI is InChI=1S/C27H27N5O6S/c1-3-21(25(34)27-30-22-7-4-5-8-24(22)38-27)29-26(35)23-15-20(16-31(23)17(2)33)39(36,37)19-11-9-18(10-12-19)32-14-6-13-28-32/h4-14,20-21,23H,3,15-16H2,1-2H3,(H,29,35)/t20-,21?,23+/m1/s1. The van der Waals surface area contributed by atoms with Crippen molar-refractivity contribution in [3.05, 3.63) is 72.9 Å². The summed E-state index contributed by atoms with van der Waals surface area (Å²) in [5.41, 5.74) is 1.67. The highest BCUT2D eigenvalue weighted by molar-refractivity contribution is 7.92. The molecule has 4 aromatic rings. The van der Waals surface area contributed by atoms with E-state index in [1.54, 1.807) is 66.5 Å². The molecular formula is C27H27N5O6S. The fourth-order valence-corrected chi connectivity index (χ4v) is 6.46. The summed E-state index contributed by atoms with van der Waals surface area (Å²) < 4.78 is 34.1. The number of Topliss-reactive ketones (excluding diaryl/α,β-unsaturated/α-hetero) is 1. The Morgan fingerprint density at radius 1 is 1.10 bits per heavy atom. The number of benzene rings is 2. The molecule has 1 aliphatic rings. The molecule has 2 aromatic carbocycles. The van der Waals surface area contributed by atoms with E-state index in [0.29, 0.717) is 16.8 Å². The molecular weight excluding hydrogens is 522 g/mol. The summed E-state index contributed by atoms with van der Waals surface area (Å²) in [6, 6.07) is 13.0. The Kier molecular flexibility index (Phi) is 7.04. The maximum atomic E-state index is 13.5. The summed E-state index contributed by atoms with van der Waals surface area (Å²) in [5.74, 6) is -1.67. The van der Waals surface area contributed by atoms with E-state index in [-0.39, 0.29) is 30.2 Å². The van der Waals surface area contributed by atoms with Crippen LogP contribution in [0.4, 0.5) is 0 Å². The second kappa shape index (κ2) is 10.4. The van der Waals surface area contributed by atoms with Crippen molar-refractivity contribution in [2.45, 2.75) is 48.9 Å². The van der Waals surface area contributed by atoms with Gasteiger partial charge in [0, 0.05) is 25.9 Å². The van der Waals surface area contributed by atoms with Crippen LogP contribution >= 0.6 is 0 Å². The quantitative estimate of drug-likeness (QED) is 0.330. The molecule has 3 heterocycles. The molecule has 2 aromatic heterocycles. The number of carbonyl (C=O) groups excluding carboxylic acids is 3.